The first-order chi connectivity index (χ1) is 10.3. The van der Waals surface area contributed by atoms with Gasteiger partial charge in [-0.3, -0.25) is 0 Å². The molecule has 2 aromatic carbocycles. The zero-order valence-corrected chi connectivity index (χ0v) is 12.0. The number of aromatic nitrogens is 1. The molecule has 0 unspecified atom stereocenters. The molecule has 3 heteroatoms. The monoisotopic (exact) mass is 292 g/mol. The Morgan fingerprint density at radius 1 is 0.762 bits per heavy atom. The highest BCUT2D eigenvalue weighted by molar-refractivity contribution is 6.29. The van der Waals surface area contributed by atoms with Gasteiger partial charge in [0.25, 0.3) is 0 Å². The normalized spacial score (nSPS) is 12.8. The summed E-state index contributed by atoms with van der Waals surface area (Å²) in [5.74, 6) is 0.791. The number of fused-ring (bicyclic) bond motifs is 3. The number of pyridine rings is 1. The van der Waals surface area contributed by atoms with Crippen molar-refractivity contribution in [1.82, 2.24) is 4.98 Å². The van der Waals surface area contributed by atoms with E-state index in [1.54, 1.807) is 6.07 Å². The van der Waals surface area contributed by atoms with Crippen LogP contribution in [-0.4, -0.2) is 4.98 Å². The zero-order chi connectivity index (χ0) is 14.2. The van der Waals surface area contributed by atoms with Crippen LogP contribution in [0.2, 0.25) is 5.15 Å². The molecule has 2 nitrogen and oxygen atoms in total. The maximum absolute atomic E-state index is 5.98. The minimum absolute atomic E-state index is 0.114. The minimum atomic E-state index is 0.114. The number of anilines is 1. The van der Waals surface area contributed by atoms with E-state index in [0.717, 1.165) is 5.82 Å². The molecule has 1 aliphatic carbocycles. The van der Waals surface area contributed by atoms with Crippen LogP contribution in [0, 0.1) is 0 Å². The molecule has 1 heterocycles. The third kappa shape index (κ3) is 2.08. The van der Waals surface area contributed by atoms with E-state index in [0.29, 0.717) is 5.15 Å². The summed E-state index contributed by atoms with van der Waals surface area (Å²) in [5, 5.41) is 4.00. The van der Waals surface area contributed by atoms with Crippen molar-refractivity contribution in [3.63, 3.8) is 0 Å². The molecule has 1 aromatic heterocycles. The Hall–Kier alpha value is -2.32. The standard InChI is InChI=1S/C18H13ClN2/c19-16-10-5-11-17(20-16)21-18-14-8-3-1-6-12(14)13-7-2-4-9-15(13)18/h1-11,18H,(H,20,21). The van der Waals surface area contributed by atoms with E-state index in [2.05, 4.69) is 58.8 Å². The fourth-order valence-electron chi connectivity index (χ4n) is 2.95. The van der Waals surface area contributed by atoms with Crippen LogP contribution in [0.4, 0.5) is 5.82 Å². The van der Waals surface area contributed by atoms with E-state index in [4.69, 9.17) is 11.6 Å². The SMILES string of the molecule is Clc1cccc(NC2c3ccccc3-c3ccccc32)n1. The summed E-state index contributed by atoms with van der Waals surface area (Å²) in [6.07, 6.45) is 0. The van der Waals surface area contributed by atoms with Crippen LogP contribution < -0.4 is 5.32 Å². The zero-order valence-electron chi connectivity index (χ0n) is 11.3. The van der Waals surface area contributed by atoms with Gasteiger partial charge in [0.05, 0.1) is 6.04 Å². The Kier molecular flexibility index (Phi) is 2.90. The molecule has 0 aliphatic heterocycles. The molecule has 0 fully saturated rings. The Morgan fingerprint density at radius 3 is 2.00 bits per heavy atom. The Bertz CT molecular complexity index is 768. The van der Waals surface area contributed by atoms with Crippen molar-refractivity contribution in [1.29, 1.82) is 0 Å². The van der Waals surface area contributed by atoms with Crippen molar-refractivity contribution in [3.8, 4) is 11.1 Å². The first kappa shape index (κ1) is 12.4. The van der Waals surface area contributed by atoms with Gasteiger partial charge >= 0.3 is 0 Å². The van der Waals surface area contributed by atoms with Gasteiger partial charge in [0.1, 0.15) is 11.0 Å². The first-order valence-electron chi connectivity index (χ1n) is 6.90. The molecule has 102 valence electrons. The van der Waals surface area contributed by atoms with Crippen molar-refractivity contribution in [2.24, 2.45) is 0 Å². The summed E-state index contributed by atoms with van der Waals surface area (Å²) in [4.78, 5) is 4.34. The van der Waals surface area contributed by atoms with Gasteiger partial charge in [-0.2, -0.15) is 0 Å². The molecule has 1 aliphatic rings. The highest BCUT2D eigenvalue weighted by Gasteiger charge is 2.27. The van der Waals surface area contributed by atoms with Gasteiger partial charge in [0.15, 0.2) is 0 Å². The summed E-state index contributed by atoms with van der Waals surface area (Å²) in [7, 11) is 0. The van der Waals surface area contributed by atoms with Crippen LogP contribution >= 0.6 is 11.6 Å². The second kappa shape index (κ2) is 4.90. The van der Waals surface area contributed by atoms with E-state index in [1.165, 1.54) is 22.3 Å². The maximum Gasteiger partial charge on any atom is 0.131 e. The highest BCUT2D eigenvalue weighted by atomic mass is 35.5. The van der Waals surface area contributed by atoms with Gasteiger partial charge in [-0.1, -0.05) is 66.2 Å². The largest absolute Gasteiger partial charge is 0.359 e. The topological polar surface area (TPSA) is 24.9 Å². The molecule has 0 atom stereocenters. The lowest BCUT2D eigenvalue weighted by molar-refractivity contribution is 0.958. The molecule has 0 saturated carbocycles. The van der Waals surface area contributed by atoms with Crippen molar-refractivity contribution < 1.29 is 0 Å². The summed E-state index contributed by atoms with van der Waals surface area (Å²) >= 11 is 5.98. The number of rotatable bonds is 2. The number of nitrogens with one attached hydrogen (secondary N) is 1. The highest BCUT2D eigenvalue weighted by Crippen LogP contribution is 2.44. The van der Waals surface area contributed by atoms with E-state index in [-0.39, 0.29) is 6.04 Å². The van der Waals surface area contributed by atoms with E-state index in [9.17, 15) is 0 Å². The third-order valence-corrected chi connectivity index (χ3v) is 4.05. The molecular formula is C18H13ClN2. The van der Waals surface area contributed by atoms with Crippen molar-refractivity contribution in [2.45, 2.75) is 6.04 Å². The lowest BCUT2D eigenvalue weighted by Gasteiger charge is -2.16. The van der Waals surface area contributed by atoms with Crippen molar-refractivity contribution >= 4 is 17.4 Å². The summed E-state index contributed by atoms with van der Waals surface area (Å²) in [6.45, 7) is 0. The van der Waals surface area contributed by atoms with Gasteiger partial charge in [-0.15, -0.1) is 0 Å². The predicted molar refractivity (Wildman–Crippen MR) is 86.6 cm³/mol. The van der Waals surface area contributed by atoms with Gasteiger partial charge in [-0.05, 0) is 34.4 Å². The molecule has 0 spiro atoms. The number of benzene rings is 2. The van der Waals surface area contributed by atoms with E-state index in [1.807, 2.05) is 12.1 Å². The first-order valence-corrected chi connectivity index (χ1v) is 7.28. The molecule has 0 saturated heterocycles. The fraction of sp³-hybridized carbons (Fsp3) is 0.0556. The average molecular weight is 293 g/mol. The maximum atomic E-state index is 5.98. The molecule has 4 rings (SSSR count). The number of nitrogens with zero attached hydrogens (tertiary/aromatic N) is 1. The van der Waals surface area contributed by atoms with Gasteiger partial charge in [0, 0.05) is 0 Å². The Balaban J connectivity index is 1.82. The van der Waals surface area contributed by atoms with Crippen LogP contribution in [0.25, 0.3) is 11.1 Å². The summed E-state index contributed by atoms with van der Waals surface area (Å²) in [6, 6.07) is 22.7. The number of hydrogen-bond donors (Lipinski definition) is 1. The average Bonchev–Trinajstić information content (AvgIpc) is 2.83. The van der Waals surface area contributed by atoms with Crippen LogP contribution in [0.3, 0.4) is 0 Å². The van der Waals surface area contributed by atoms with Gasteiger partial charge in [-0.25, -0.2) is 4.98 Å². The lowest BCUT2D eigenvalue weighted by Crippen LogP contribution is -2.10. The van der Waals surface area contributed by atoms with Crippen molar-refractivity contribution in [3.05, 3.63) is 83.0 Å². The molecule has 0 amide bonds. The van der Waals surface area contributed by atoms with E-state index < -0.39 is 0 Å². The molecule has 0 radical (unpaired) electrons. The third-order valence-electron chi connectivity index (χ3n) is 3.84. The quantitative estimate of drug-likeness (QED) is 0.678. The van der Waals surface area contributed by atoms with Crippen molar-refractivity contribution in [2.75, 3.05) is 5.32 Å². The van der Waals surface area contributed by atoms with Gasteiger partial charge in [0.2, 0.25) is 0 Å². The minimum Gasteiger partial charge on any atom is -0.359 e. The molecule has 3 aromatic rings. The van der Waals surface area contributed by atoms with Crippen LogP contribution in [0.5, 0.6) is 0 Å². The van der Waals surface area contributed by atoms with Crippen LogP contribution in [0.15, 0.2) is 66.7 Å². The van der Waals surface area contributed by atoms with E-state index >= 15 is 0 Å². The predicted octanol–water partition coefficient (Wildman–Crippen LogP) is 4.92. The Labute approximate surface area is 128 Å². The van der Waals surface area contributed by atoms with Crippen LogP contribution in [0.1, 0.15) is 17.2 Å². The van der Waals surface area contributed by atoms with Crippen LogP contribution in [-0.2, 0) is 0 Å². The Morgan fingerprint density at radius 2 is 1.38 bits per heavy atom. The van der Waals surface area contributed by atoms with Gasteiger partial charge < -0.3 is 5.32 Å². The second-order valence-corrected chi connectivity index (χ2v) is 5.48. The smallest absolute Gasteiger partial charge is 0.131 e. The summed E-state index contributed by atoms with van der Waals surface area (Å²) < 4.78 is 0. The molecule has 21 heavy (non-hydrogen) atoms. The lowest BCUT2D eigenvalue weighted by atomic mass is 10.1. The molecule has 0 bridgehead atoms. The second-order valence-electron chi connectivity index (χ2n) is 5.10. The number of hydrogen-bond acceptors (Lipinski definition) is 2. The fourth-order valence-corrected chi connectivity index (χ4v) is 3.11. The molecular weight excluding hydrogens is 280 g/mol. The summed E-state index contributed by atoms with van der Waals surface area (Å²) in [5.41, 5.74) is 5.13. The number of halogens is 1. The molecule has 1 N–H and O–H groups in total.